The monoisotopic (exact) mass is 804 g/mol. The summed E-state index contributed by atoms with van der Waals surface area (Å²) in [7, 11) is 0. The Balaban J connectivity index is 0.964. The number of hydrogen-bond donors (Lipinski definition) is 0. The number of rotatable bonds is 2. The van der Waals surface area contributed by atoms with Crippen LogP contribution >= 0.6 is 0 Å². The Kier molecular flexibility index (Phi) is 6.57. The van der Waals surface area contributed by atoms with E-state index in [1.54, 1.807) is 0 Å². The van der Waals surface area contributed by atoms with E-state index in [9.17, 15) is 0 Å². The molecule has 15 rings (SSSR count). The minimum Gasteiger partial charge on any atom is -0.459 e. The SMILES string of the molecule is c1ccc(N2c3ccccc3B3c4ccc5c(c4Oc4cccc2c43)B2c3c(cccc3Oc3ccc4c(c32)Oc2cccc3c2B4c2ccccc2N3c2ccccc2)O5)cc1. The molecule has 9 aromatic carbocycles. The van der Waals surface area contributed by atoms with Crippen LogP contribution in [0, 0.1) is 0 Å². The Labute approximate surface area is 364 Å². The maximum Gasteiger partial charge on any atom is 0.270 e. The van der Waals surface area contributed by atoms with Gasteiger partial charge in [0.1, 0.15) is 46.0 Å². The molecule has 9 aromatic rings. The van der Waals surface area contributed by atoms with Crippen LogP contribution in [0.2, 0.25) is 0 Å². The predicted octanol–water partition coefficient (Wildman–Crippen LogP) is 7.22. The molecule has 0 radical (unpaired) electrons. The van der Waals surface area contributed by atoms with Crippen LogP contribution < -0.4 is 77.9 Å². The molecule has 0 saturated heterocycles. The third-order valence-corrected chi connectivity index (χ3v) is 13.9. The zero-order valence-electron chi connectivity index (χ0n) is 33.7. The number of benzene rings is 9. The topological polar surface area (TPSA) is 43.4 Å². The zero-order chi connectivity index (χ0) is 40.9. The van der Waals surface area contributed by atoms with Gasteiger partial charge in [-0.2, -0.15) is 0 Å². The van der Waals surface area contributed by atoms with Gasteiger partial charge < -0.3 is 28.7 Å². The normalized spacial score (nSPS) is 14.4. The molecule has 0 amide bonds. The van der Waals surface area contributed by atoms with E-state index >= 15 is 0 Å². The first-order valence-electron chi connectivity index (χ1n) is 21.6. The highest BCUT2D eigenvalue weighted by Crippen LogP contribution is 2.45. The van der Waals surface area contributed by atoms with Crippen LogP contribution in [-0.4, -0.2) is 20.1 Å². The quantitative estimate of drug-likeness (QED) is 0.172. The van der Waals surface area contributed by atoms with E-state index in [4.69, 9.17) is 18.9 Å². The second kappa shape index (κ2) is 12.3. The molecule has 0 atom stereocenters. The van der Waals surface area contributed by atoms with Gasteiger partial charge in [0.2, 0.25) is 0 Å². The average molecular weight is 804 g/mol. The zero-order valence-corrected chi connectivity index (χ0v) is 33.7. The molecule has 6 aliphatic heterocycles. The second-order valence-corrected chi connectivity index (χ2v) is 17.0. The lowest BCUT2D eigenvalue weighted by Gasteiger charge is -2.42. The molecule has 0 N–H and O–H groups in total. The van der Waals surface area contributed by atoms with Crippen molar-refractivity contribution < 1.29 is 18.9 Å². The molecule has 6 nitrogen and oxygen atoms in total. The first kappa shape index (κ1) is 33.7. The summed E-state index contributed by atoms with van der Waals surface area (Å²) in [6.07, 6.45) is 0. The molecule has 6 heterocycles. The van der Waals surface area contributed by atoms with Gasteiger partial charge in [-0.1, -0.05) is 103 Å². The number of anilines is 6. The van der Waals surface area contributed by atoms with Crippen LogP contribution in [0.5, 0.6) is 46.0 Å². The van der Waals surface area contributed by atoms with Crippen LogP contribution in [0.1, 0.15) is 0 Å². The Morgan fingerprint density at radius 3 is 1.11 bits per heavy atom. The standard InChI is InChI=1S/C54H31B3N2O4/c1-3-14-32(15-4-1)58-38-20-9-7-18-34(38)55-36-28-30-46-51(53(36)62-42-24-11-22-40(58)48(42)55)57-50-44(60-46)26-13-27-45(50)61-47-31-29-37-54(52(47)57)63-43-25-12-23-41-49(43)56(37)35-19-8-10-21-39(35)59(41)33-16-5-2-6-17-33/h1-31H. The fraction of sp³-hybridized carbons (Fsp3) is 0. The summed E-state index contributed by atoms with van der Waals surface area (Å²) in [5.41, 5.74) is 16.7. The second-order valence-electron chi connectivity index (χ2n) is 17.0. The van der Waals surface area contributed by atoms with Crippen molar-refractivity contribution in [2.24, 2.45) is 0 Å². The molecule has 0 unspecified atom stereocenters. The van der Waals surface area contributed by atoms with E-state index < -0.39 is 0 Å². The van der Waals surface area contributed by atoms with Crippen LogP contribution in [0.15, 0.2) is 188 Å². The number of nitrogens with zero attached hydrogens (tertiary/aromatic N) is 2. The van der Waals surface area contributed by atoms with Crippen molar-refractivity contribution in [3.05, 3.63) is 188 Å². The van der Waals surface area contributed by atoms with Crippen LogP contribution in [0.3, 0.4) is 0 Å². The van der Waals surface area contributed by atoms with Crippen molar-refractivity contribution in [3.63, 3.8) is 0 Å². The van der Waals surface area contributed by atoms with Crippen molar-refractivity contribution in [3.8, 4) is 46.0 Å². The van der Waals surface area contributed by atoms with Gasteiger partial charge in [-0.15, -0.1) is 0 Å². The van der Waals surface area contributed by atoms with E-state index in [2.05, 4.69) is 180 Å². The van der Waals surface area contributed by atoms with Gasteiger partial charge in [-0.05, 0) is 118 Å². The Morgan fingerprint density at radius 1 is 0.254 bits per heavy atom. The fourth-order valence-electron chi connectivity index (χ4n) is 11.5. The molecule has 9 heteroatoms. The Bertz CT molecular complexity index is 3250. The molecule has 0 aromatic heterocycles. The molecule has 0 aliphatic carbocycles. The van der Waals surface area contributed by atoms with Gasteiger partial charge >= 0.3 is 0 Å². The van der Waals surface area contributed by atoms with E-state index in [0.717, 1.165) is 118 Å². The van der Waals surface area contributed by atoms with Crippen molar-refractivity contribution in [2.45, 2.75) is 0 Å². The maximum absolute atomic E-state index is 7.32. The first-order chi connectivity index (χ1) is 31.3. The third-order valence-electron chi connectivity index (χ3n) is 13.9. The first-order valence-corrected chi connectivity index (χ1v) is 21.6. The van der Waals surface area contributed by atoms with E-state index in [0.29, 0.717) is 0 Å². The minimum absolute atomic E-state index is 0.0742. The fourth-order valence-corrected chi connectivity index (χ4v) is 11.5. The van der Waals surface area contributed by atoms with Crippen LogP contribution in [0.4, 0.5) is 34.1 Å². The molecular formula is C54H31B3N2O4. The lowest BCUT2D eigenvalue weighted by molar-refractivity contribution is 0.452. The smallest absolute Gasteiger partial charge is 0.270 e. The minimum atomic E-state index is -0.317. The summed E-state index contributed by atoms with van der Waals surface area (Å²) in [5, 5.41) is 0. The Hall–Kier alpha value is -8.03. The van der Waals surface area contributed by atoms with Crippen LogP contribution in [-0.2, 0) is 0 Å². The summed E-state index contributed by atoms with van der Waals surface area (Å²) in [5.74, 6) is 6.40. The number of ether oxygens (including phenoxy) is 4. The molecule has 63 heavy (non-hydrogen) atoms. The van der Waals surface area contributed by atoms with E-state index in [1.165, 1.54) is 10.9 Å². The van der Waals surface area contributed by atoms with Crippen molar-refractivity contribution in [1.82, 2.24) is 0 Å². The van der Waals surface area contributed by atoms with Gasteiger partial charge in [-0.3, -0.25) is 0 Å². The predicted molar refractivity (Wildman–Crippen MR) is 256 cm³/mol. The highest BCUT2D eigenvalue weighted by Gasteiger charge is 2.51. The number of fused-ring (bicyclic) bond motifs is 14. The average Bonchev–Trinajstić information content (AvgIpc) is 3.34. The van der Waals surface area contributed by atoms with Crippen molar-refractivity contribution in [2.75, 3.05) is 9.80 Å². The molecule has 0 fully saturated rings. The highest BCUT2D eigenvalue weighted by atomic mass is 16.5. The van der Waals surface area contributed by atoms with Crippen molar-refractivity contribution in [1.29, 1.82) is 0 Å². The van der Waals surface area contributed by atoms with E-state index in [1.807, 2.05) is 18.2 Å². The maximum atomic E-state index is 7.32. The van der Waals surface area contributed by atoms with Gasteiger partial charge in [0.25, 0.3) is 20.1 Å². The molecule has 0 spiro atoms. The third kappa shape index (κ3) is 4.40. The molecule has 0 saturated carbocycles. The highest BCUT2D eigenvalue weighted by molar-refractivity contribution is 7.04. The lowest BCUT2D eigenvalue weighted by atomic mass is 9.29. The number of hydrogen-bond acceptors (Lipinski definition) is 6. The summed E-state index contributed by atoms with van der Waals surface area (Å²) in [6.45, 7) is -0.466. The lowest BCUT2D eigenvalue weighted by Crippen LogP contribution is -2.65. The Morgan fingerprint density at radius 2 is 0.635 bits per heavy atom. The van der Waals surface area contributed by atoms with Gasteiger partial charge in [0, 0.05) is 50.5 Å². The molecule has 0 bridgehead atoms. The van der Waals surface area contributed by atoms with Gasteiger partial charge in [-0.25, -0.2) is 0 Å². The van der Waals surface area contributed by atoms with Gasteiger partial charge in [0.15, 0.2) is 0 Å². The van der Waals surface area contributed by atoms with E-state index in [-0.39, 0.29) is 20.1 Å². The summed E-state index contributed by atoms with van der Waals surface area (Å²) in [4.78, 5) is 4.74. The largest absolute Gasteiger partial charge is 0.459 e. The van der Waals surface area contributed by atoms with Gasteiger partial charge in [0.05, 0.1) is 0 Å². The van der Waals surface area contributed by atoms with Crippen LogP contribution in [0.25, 0.3) is 0 Å². The molecule has 6 aliphatic rings. The molecule has 290 valence electrons. The van der Waals surface area contributed by atoms with Crippen molar-refractivity contribution >= 4 is 103 Å². The number of para-hydroxylation sites is 4. The summed E-state index contributed by atoms with van der Waals surface area (Å²) >= 11 is 0. The summed E-state index contributed by atoms with van der Waals surface area (Å²) in [6, 6.07) is 66.5. The summed E-state index contributed by atoms with van der Waals surface area (Å²) < 4.78 is 28.4. The molecular weight excluding hydrogens is 773 g/mol.